The van der Waals surface area contributed by atoms with Gasteiger partial charge in [0.05, 0.1) is 24.3 Å². The fourth-order valence-corrected chi connectivity index (χ4v) is 1.17. The zero-order chi connectivity index (χ0) is 12.0. The molecule has 0 N–H and O–H groups in total. The molecule has 0 aliphatic rings. The van der Waals surface area contributed by atoms with E-state index in [4.69, 9.17) is 9.47 Å². The lowest BCUT2D eigenvalue weighted by molar-refractivity contribution is 0.0511. The molecule has 0 aliphatic heterocycles. The zero-order valence-corrected chi connectivity index (χ0v) is 9.36. The minimum Gasteiger partial charge on any atom is -0.462 e. The third kappa shape index (κ3) is 4.40. The fraction of sp³-hybridized carbons (Fsp3) is 0.333. The van der Waals surface area contributed by atoms with Gasteiger partial charge in [-0.15, -0.1) is 0 Å². The second kappa shape index (κ2) is 7.62. The molecule has 0 saturated heterocycles. The molecule has 1 rings (SSSR count). The van der Waals surface area contributed by atoms with Crippen LogP contribution >= 0.6 is 0 Å². The van der Waals surface area contributed by atoms with E-state index in [9.17, 15) is 9.59 Å². The highest BCUT2D eigenvalue weighted by Crippen LogP contribution is 2.07. The van der Waals surface area contributed by atoms with E-state index in [1.54, 1.807) is 38.1 Å². The Bertz CT molecular complexity index is 336. The van der Waals surface area contributed by atoms with Gasteiger partial charge < -0.3 is 9.47 Å². The lowest BCUT2D eigenvalue weighted by Crippen LogP contribution is -2.07. The number of hydrogen-bond acceptors (Lipinski definition) is 4. The Balaban J connectivity index is 0.00000256. The molecule has 0 radical (unpaired) electrons. The molecule has 1 aromatic carbocycles. The summed E-state index contributed by atoms with van der Waals surface area (Å²) in [6.45, 7) is 4.15. The summed E-state index contributed by atoms with van der Waals surface area (Å²) in [7, 11) is 0. The van der Waals surface area contributed by atoms with Gasteiger partial charge in [-0.25, -0.2) is 9.59 Å². The smallest absolute Gasteiger partial charge is 0.338 e. The van der Waals surface area contributed by atoms with Crippen LogP contribution in [0.4, 0.5) is 0 Å². The van der Waals surface area contributed by atoms with Gasteiger partial charge in [0, 0.05) is 0 Å². The van der Waals surface area contributed by atoms with Crippen LogP contribution in [0.1, 0.15) is 34.6 Å². The molecule has 0 unspecified atom stereocenters. The van der Waals surface area contributed by atoms with Crippen LogP contribution in [0.2, 0.25) is 0 Å². The standard InChI is InChI=1S/C12H14O4.H4Si/c1-3-15-11(13)9-5-7-10(8-6-9)12(14)16-4-2;/h5-8H,3-4H2,1-2H3;1H4. The molecule has 17 heavy (non-hydrogen) atoms. The number of carbonyl (C=O) groups excluding carboxylic acids is 2. The van der Waals surface area contributed by atoms with Crippen molar-refractivity contribution in [1.29, 1.82) is 0 Å². The van der Waals surface area contributed by atoms with Crippen molar-refractivity contribution in [3.05, 3.63) is 35.4 Å². The number of rotatable bonds is 4. The maximum atomic E-state index is 11.3. The van der Waals surface area contributed by atoms with Gasteiger partial charge in [-0.2, -0.15) is 0 Å². The van der Waals surface area contributed by atoms with E-state index in [1.807, 2.05) is 0 Å². The maximum Gasteiger partial charge on any atom is 0.338 e. The van der Waals surface area contributed by atoms with E-state index in [2.05, 4.69) is 0 Å². The van der Waals surface area contributed by atoms with Crippen LogP contribution in [0.15, 0.2) is 24.3 Å². The third-order valence-electron chi connectivity index (χ3n) is 1.91. The number of hydrogen-bond donors (Lipinski definition) is 0. The Labute approximate surface area is 105 Å². The Morgan fingerprint density at radius 1 is 0.882 bits per heavy atom. The van der Waals surface area contributed by atoms with Crippen LogP contribution in [-0.4, -0.2) is 36.1 Å². The zero-order valence-electron chi connectivity index (χ0n) is 9.36. The van der Waals surface area contributed by atoms with Crippen molar-refractivity contribution in [1.82, 2.24) is 0 Å². The molecule has 1 aromatic rings. The van der Waals surface area contributed by atoms with Crippen LogP contribution in [-0.2, 0) is 9.47 Å². The summed E-state index contributed by atoms with van der Waals surface area (Å²) in [4.78, 5) is 22.6. The molecule has 0 amide bonds. The van der Waals surface area contributed by atoms with Crippen molar-refractivity contribution in [2.75, 3.05) is 13.2 Å². The fourth-order valence-electron chi connectivity index (χ4n) is 1.17. The molecule has 0 spiro atoms. The van der Waals surface area contributed by atoms with Gasteiger partial charge in [-0.3, -0.25) is 0 Å². The van der Waals surface area contributed by atoms with E-state index < -0.39 is 11.9 Å². The van der Waals surface area contributed by atoms with Crippen molar-refractivity contribution >= 4 is 22.9 Å². The van der Waals surface area contributed by atoms with Gasteiger partial charge in [0.1, 0.15) is 0 Å². The minimum absolute atomic E-state index is 0. The number of ether oxygens (including phenoxy) is 2. The normalized spacial score (nSPS) is 9.06. The Morgan fingerprint density at radius 3 is 1.41 bits per heavy atom. The molecule has 0 aromatic heterocycles. The highest BCUT2D eigenvalue weighted by Gasteiger charge is 2.09. The van der Waals surface area contributed by atoms with E-state index in [-0.39, 0.29) is 11.0 Å². The first-order valence-electron chi connectivity index (χ1n) is 5.13. The van der Waals surface area contributed by atoms with Gasteiger partial charge in [0.2, 0.25) is 0 Å². The average molecular weight is 254 g/mol. The average Bonchev–Trinajstić information content (AvgIpc) is 2.30. The van der Waals surface area contributed by atoms with E-state index in [1.165, 1.54) is 0 Å². The summed E-state index contributed by atoms with van der Waals surface area (Å²) in [5.41, 5.74) is 0.852. The molecule has 94 valence electrons. The van der Waals surface area contributed by atoms with Gasteiger partial charge in [0.25, 0.3) is 0 Å². The summed E-state index contributed by atoms with van der Waals surface area (Å²) in [6.07, 6.45) is 0. The molecule has 0 atom stereocenters. The highest BCUT2D eigenvalue weighted by molar-refractivity contribution is 5.93. The predicted octanol–water partition coefficient (Wildman–Crippen LogP) is 0.588. The Morgan fingerprint density at radius 2 is 1.18 bits per heavy atom. The first-order valence-corrected chi connectivity index (χ1v) is 5.13. The van der Waals surface area contributed by atoms with Crippen molar-refractivity contribution < 1.29 is 19.1 Å². The van der Waals surface area contributed by atoms with Gasteiger partial charge in [-0.1, -0.05) is 0 Å². The molecule has 0 bridgehead atoms. The van der Waals surface area contributed by atoms with Gasteiger partial charge >= 0.3 is 11.9 Å². The summed E-state index contributed by atoms with van der Waals surface area (Å²) in [6, 6.07) is 6.18. The van der Waals surface area contributed by atoms with Crippen LogP contribution in [0.3, 0.4) is 0 Å². The molecule has 0 fully saturated rings. The van der Waals surface area contributed by atoms with Crippen LogP contribution in [0.25, 0.3) is 0 Å². The van der Waals surface area contributed by atoms with Crippen molar-refractivity contribution in [2.45, 2.75) is 13.8 Å². The van der Waals surface area contributed by atoms with Gasteiger partial charge in [-0.05, 0) is 49.1 Å². The monoisotopic (exact) mass is 254 g/mol. The number of carbonyl (C=O) groups is 2. The molecule has 0 heterocycles. The number of benzene rings is 1. The van der Waals surface area contributed by atoms with Crippen molar-refractivity contribution in [3.63, 3.8) is 0 Å². The molecule has 4 nitrogen and oxygen atoms in total. The topological polar surface area (TPSA) is 52.6 Å². The van der Waals surface area contributed by atoms with Gasteiger partial charge in [0.15, 0.2) is 0 Å². The van der Waals surface area contributed by atoms with E-state index >= 15 is 0 Å². The molecular weight excluding hydrogens is 236 g/mol. The van der Waals surface area contributed by atoms with Crippen LogP contribution in [0, 0.1) is 0 Å². The molecule has 5 heteroatoms. The predicted molar refractivity (Wildman–Crippen MR) is 69.7 cm³/mol. The highest BCUT2D eigenvalue weighted by atomic mass is 28.1. The Hall–Kier alpha value is -1.62. The second-order valence-electron chi connectivity index (χ2n) is 3.02. The lowest BCUT2D eigenvalue weighted by Gasteiger charge is -2.03. The number of esters is 2. The van der Waals surface area contributed by atoms with Crippen molar-refractivity contribution in [2.24, 2.45) is 0 Å². The van der Waals surface area contributed by atoms with Crippen LogP contribution in [0.5, 0.6) is 0 Å². The molecular formula is C12H18O4Si. The summed E-state index contributed by atoms with van der Waals surface area (Å²) >= 11 is 0. The quantitative estimate of drug-likeness (QED) is 0.583. The maximum absolute atomic E-state index is 11.3. The second-order valence-corrected chi connectivity index (χ2v) is 3.02. The molecule has 0 aliphatic carbocycles. The van der Waals surface area contributed by atoms with E-state index in [0.29, 0.717) is 24.3 Å². The molecule has 0 saturated carbocycles. The lowest BCUT2D eigenvalue weighted by atomic mass is 10.1. The summed E-state index contributed by atoms with van der Waals surface area (Å²) < 4.78 is 9.64. The SMILES string of the molecule is CCOC(=O)c1ccc(C(=O)OCC)cc1.[SiH4]. The largest absolute Gasteiger partial charge is 0.462 e. The van der Waals surface area contributed by atoms with E-state index in [0.717, 1.165) is 0 Å². The Kier molecular flexibility index (Phi) is 6.89. The first kappa shape index (κ1) is 15.4. The van der Waals surface area contributed by atoms with Crippen LogP contribution < -0.4 is 0 Å². The third-order valence-corrected chi connectivity index (χ3v) is 1.91. The first-order chi connectivity index (χ1) is 7.69. The van der Waals surface area contributed by atoms with Crippen molar-refractivity contribution in [3.8, 4) is 0 Å². The minimum atomic E-state index is -0.391. The summed E-state index contributed by atoms with van der Waals surface area (Å²) in [5, 5.41) is 0. The summed E-state index contributed by atoms with van der Waals surface area (Å²) in [5.74, 6) is -0.782.